The normalized spacial score (nSPS) is 14.5. The molecule has 0 aliphatic heterocycles. The van der Waals surface area contributed by atoms with Gasteiger partial charge < -0.3 is 13.7 Å². The molecule has 0 spiro atoms. The summed E-state index contributed by atoms with van der Waals surface area (Å²) < 4.78 is 11.9. The van der Waals surface area contributed by atoms with Gasteiger partial charge in [0.1, 0.15) is 5.82 Å². The zero-order chi connectivity index (χ0) is 14.1. The van der Waals surface area contributed by atoms with Crippen molar-refractivity contribution in [2.45, 2.75) is 29.7 Å². The Bertz CT molecular complexity index is 631. The molecular formula is C13H15N3O3S. The molecule has 3 rings (SSSR count). The summed E-state index contributed by atoms with van der Waals surface area (Å²) in [6.45, 7) is 0. The molecule has 1 aliphatic rings. The zero-order valence-corrected chi connectivity index (χ0v) is 12.1. The summed E-state index contributed by atoms with van der Waals surface area (Å²) in [7, 11) is 3.32. The Kier molecular flexibility index (Phi) is 3.52. The number of esters is 1. The Morgan fingerprint density at radius 1 is 1.55 bits per heavy atom. The van der Waals surface area contributed by atoms with E-state index in [0.29, 0.717) is 11.7 Å². The van der Waals surface area contributed by atoms with Gasteiger partial charge in [-0.1, -0.05) is 11.8 Å². The van der Waals surface area contributed by atoms with Crippen LogP contribution in [0, 0.1) is 0 Å². The highest BCUT2D eigenvalue weighted by Gasteiger charge is 2.29. The first-order chi connectivity index (χ1) is 9.70. The van der Waals surface area contributed by atoms with E-state index in [2.05, 4.69) is 14.9 Å². The first kappa shape index (κ1) is 13.2. The molecule has 1 saturated carbocycles. The third kappa shape index (κ3) is 2.45. The van der Waals surface area contributed by atoms with Crippen LogP contribution in [0.3, 0.4) is 0 Å². The number of furan rings is 1. The average Bonchev–Trinajstić information content (AvgIpc) is 3.07. The second-order valence-corrected chi connectivity index (χ2v) is 5.67. The Morgan fingerprint density at radius 2 is 2.35 bits per heavy atom. The lowest BCUT2D eigenvalue weighted by atomic mass is 10.3. The molecule has 0 radical (unpaired) electrons. The third-order valence-electron chi connectivity index (χ3n) is 3.29. The van der Waals surface area contributed by atoms with E-state index in [1.807, 2.05) is 11.6 Å². The topological polar surface area (TPSA) is 70.2 Å². The molecule has 7 heteroatoms. The van der Waals surface area contributed by atoms with Crippen LogP contribution in [-0.2, 0) is 17.5 Å². The second-order valence-electron chi connectivity index (χ2n) is 4.73. The fourth-order valence-electron chi connectivity index (χ4n) is 2.01. The van der Waals surface area contributed by atoms with E-state index in [4.69, 9.17) is 4.42 Å². The van der Waals surface area contributed by atoms with Crippen LogP contribution < -0.4 is 0 Å². The van der Waals surface area contributed by atoms with Crippen molar-refractivity contribution in [1.29, 1.82) is 0 Å². The Balaban J connectivity index is 1.70. The number of carbonyl (C=O) groups is 1. The predicted octanol–water partition coefficient (Wildman–Crippen LogP) is 2.36. The van der Waals surface area contributed by atoms with Gasteiger partial charge in [-0.15, -0.1) is 10.2 Å². The molecule has 2 aromatic heterocycles. The molecule has 0 amide bonds. The van der Waals surface area contributed by atoms with E-state index < -0.39 is 5.97 Å². The molecule has 0 unspecified atom stereocenters. The number of thioether (sulfide) groups is 1. The number of methoxy groups -OCH3 is 1. The molecule has 0 N–H and O–H groups in total. The standard InChI is InChI=1S/C13H15N3O3S/c1-16-11(8-3-4-8)14-15-13(16)20-7-9-5-6-19-10(9)12(17)18-2/h5-6,8H,3-4,7H2,1-2H3. The Morgan fingerprint density at radius 3 is 3.05 bits per heavy atom. The number of carbonyl (C=O) groups excluding carboxylic acids is 1. The molecule has 20 heavy (non-hydrogen) atoms. The van der Waals surface area contributed by atoms with Crippen molar-refractivity contribution >= 4 is 17.7 Å². The van der Waals surface area contributed by atoms with E-state index >= 15 is 0 Å². The van der Waals surface area contributed by atoms with Crippen LogP contribution in [0.5, 0.6) is 0 Å². The Hall–Kier alpha value is -1.76. The second kappa shape index (κ2) is 5.32. The van der Waals surface area contributed by atoms with Crippen molar-refractivity contribution in [3.05, 3.63) is 29.5 Å². The number of hydrogen-bond acceptors (Lipinski definition) is 6. The summed E-state index contributed by atoms with van der Waals surface area (Å²) in [4.78, 5) is 11.5. The van der Waals surface area contributed by atoms with Gasteiger partial charge >= 0.3 is 5.97 Å². The zero-order valence-electron chi connectivity index (χ0n) is 11.3. The first-order valence-corrected chi connectivity index (χ1v) is 7.36. The van der Waals surface area contributed by atoms with Crippen LogP contribution in [0.2, 0.25) is 0 Å². The highest BCUT2D eigenvalue weighted by molar-refractivity contribution is 7.98. The third-order valence-corrected chi connectivity index (χ3v) is 4.35. The molecule has 0 aromatic carbocycles. The van der Waals surface area contributed by atoms with Crippen LogP contribution >= 0.6 is 11.8 Å². The first-order valence-electron chi connectivity index (χ1n) is 6.37. The van der Waals surface area contributed by atoms with Crippen molar-refractivity contribution in [2.24, 2.45) is 7.05 Å². The molecule has 1 fully saturated rings. The number of hydrogen-bond donors (Lipinski definition) is 0. The molecule has 6 nitrogen and oxygen atoms in total. The highest BCUT2D eigenvalue weighted by atomic mass is 32.2. The maximum atomic E-state index is 11.5. The maximum Gasteiger partial charge on any atom is 0.374 e. The fraction of sp³-hybridized carbons (Fsp3) is 0.462. The minimum absolute atomic E-state index is 0.254. The van der Waals surface area contributed by atoms with Crippen LogP contribution in [0.4, 0.5) is 0 Å². The number of rotatable bonds is 5. The minimum atomic E-state index is -0.456. The monoisotopic (exact) mass is 293 g/mol. The molecule has 2 aromatic rings. The fourth-order valence-corrected chi connectivity index (χ4v) is 2.91. The summed E-state index contributed by atoms with van der Waals surface area (Å²) >= 11 is 1.53. The maximum absolute atomic E-state index is 11.5. The lowest BCUT2D eigenvalue weighted by molar-refractivity contribution is 0.0564. The highest BCUT2D eigenvalue weighted by Crippen LogP contribution is 2.39. The van der Waals surface area contributed by atoms with Crippen molar-refractivity contribution in [3.8, 4) is 0 Å². The summed E-state index contributed by atoms with van der Waals surface area (Å²) in [5.74, 6) is 2.01. The smallest absolute Gasteiger partial charge is 0.374 e. The Labute approximate surface area is 120 Å². The largest absolute Gasteiger partial charge is 0.463 e. The minimum Gasteiger partial charge on any atom is -0.463 e. The van der Waals surface area contributed by atoms with Gasteiger partial charge in [0.15, 0.2) is 5.16 Å². The van der Waals surface area contributed by atoms with Gasteiger partial charge in [0.2, 0.25) is 5.76 Å². The van der Waals surface area contributed by atoms with Crippen LogP contribution in [0.1, 0.15) is 40.7 Å². The number of nitrogens with zero attached hydrogens (tertiary/aromatic N) is 3. The van der Waals surface area contributed by atoms with E-state index in [-0.39, 0.29) is 5.76 Å². The molecule has 1 aliphatic carbocycles. The molecule has 106 valence electrons. The van der Waals surface area contributed by atoms with Gasteiger partial charge in [-0.25, -0.2) is 4.79 Å². The van der Waals surface area contributed by atoms with Gasteiger partial charge in [-0.2, -0.15) is 0 Å². The van der Waals surface area contributed by atoms with Gasteiger partial charge in [0.25, 0.3) is 0 Å². The van der Waals surface area contributed by atoms with E-state index in [1.54, 1.807) is 6.07 Å². The van der Waals surface area contributed by atoms with E-state index in [0.717, 1.165) is 16.5 Å². The van der Waals surface area contributed by atoms with Crippen LogP contribution in [0.25, 0.3) is 0 Å². The van der Waals surface area contributed by atoms with Crippen LogP contribution in [-0.4, -0.2) is 27.8 Å². The molecule has 0 saturated heterocycles. The predicted molar refractivity (Wildman–Crippen MR) is 72.6 cm³/mol. The van der Waals surface area contributed by atoms with Crippen molar-refractivity contribution in [1.82, 2.24) is 14.8 Å². The van der Waals surface area contributed by atoms with Crippen LogP contribution in [0.15, 0.2) is 21.9 Å². The SMILES string of the molecule is COC(=O)c1occc1CSc1nnc(C2CC2)n1C. The number of aromatic nitrogens is 3. The summed E-state index contributed by atoms with van der Waals surface area (Å²) in [5, 5.41) is 9.28. The molecule has 2 heterocycles. The number of ether oxygens (including phenoxy) is 1. The lowest BCUT2D eigenvalue weighted by Crippen LogP contribution is -2.02. The molecule has 0 bridgehead atoms. The van der Waals surface area contributed by atoms with E-state index in [1.165, 1.54) is 38.0 Å². The summed E-state index contributed by atoms with van der Waals surface area (Å²) in [6.07, 6.45) is 3.89. The van der Waals surface area contributed by atoms with Gasteiger partial charge in [-0.05, 0) is 18.9 Å². The van der Waals surface area contributed by atoms with E-state index in [9.17, 15) is 4.79 Å². The van der Waals surface area contributed by atoms with Crippen molar-refractivity contribution in [3.63, 3.8) is 0 Å². The molecular weight excluding hydrogens is 278 g/mol. The van der Waals surface area contributed by atoms with Gasteiger partial charge in [-0.3, -0.25) is 0 Å². The van der Waals surface area contributed by atoms with Gasteiger partial charge in [0.05, 0.1) is 13.4 Å². The lowest BCUT2D eigenvalue weighted by Gasteiger charge is -2.03. The average molecular weight is 293 g/mol. The quantitative estimate of drug-likeness (QED) is 0.622. The molecule has 0 atom stereocenters. The summed E-state index contributed by atoms with van der Waals surface area (Å²) in [6, 6.07) is 1.78. The van der Waals surface area contributed by atoms with Crippen molar-refractivity contribution in [2.75, 3.05) is 7.11 Å². The van der Waals surface area contributed by atoms with Gasteiger partial charge in [0, 0.05) is 24.3 Å². The van der Waals surface area contributed by atoms with Crippen molar-refractivity contribution < 1.29 is 13.9 Å². The summed E-state index contributed by atoms with van der Waals surface area (Å²) in [5.41, 5.74) is 0.804.